The third kappa shape index (κ3) is 8.08. The predicted molar refractivity (Wildman–Crippen MR) is 179 cm³/mol. The number of ether oxygens (including phenoxy) is 2. The van der Waals surface area contributed by atoms with E-state index in [1.165, 1.54) is 44.5 Å². The maximum absolute atomic E-state index is 6.23. The molecule has 210 valence electrons. The van der Waals surface area contributed by atoms with Crippen molar-refractivity contribution in [3.05, 3.63) is 115 Å². The van der Waals surface area contributed by atoms with Crippen LogP contribution in [0.5, 0.6) is 11.5 Å². The highest BCUT2D eigenvalue weighted by Gasteiger charge is 2.13. The average Bonchev–Trinajstić information content (AvgIpc) is 2.95. The van der Waals surface area contributed by atoms with Crippen LogP contribution in [0.1, 0.15) is 33.4 Å². The van der Waals surface area contributed by atoms with Gasteiger partial charge in [0.25, 0.3) is 0 Å². The van der Waals surface area contributed by atoms with E-state index in [4.69, 9.17) is 9.47 Å². The number of hydrogen-bond acceptors (Lipinski definition) is 6. The molecule has 0 unspecified atom stereocenters. The van der Waals surface area contributed by atoms with Crippen LogP contribution in [0.2, 0.25) is 0 Å². The van der Waals surface area contributed by atoms with E-state index in [1.54, 1.807) is 23.9 Å². The molecule has 0 saturated carbocycles. The van der Waals surface area contributed by atoms with E-state index in [0.29, 0.717) is 13.2 Å². The van der Waals surface area contributed by atoms with E-state index in [0.717, 1.165) is 33.5 Å². The zero-order valence-electron chi connectivity index (χ0n) is 23.1. The van der Waals surface area contributed by atoms with Crippen molar-refractivity contribution in [3.63, 3.8) is 0 Å². The summed E-state index contributed by atoms with van der Waals surface area (Å²) in [4.78, 5) is 0. The Labute approximate surface area is 263 Å². The van der Waals surface area contributed by atoms with Crippen molar-refractivity contribution in [2.45, 2.75) is 40.2 Å². The first-order chi connectivity index (χ1) is 19.4. The van der Waals surface area contributed by atoms with Gasteiger partial charge in [0, 0.05) is 13.1 Å². The lowest BCUT2D eigenvalue weighted by molar-refractivity contribution is 0.303. The molecule has 40 heavy (non-hydrogen) atoms. The molecule has 0 aliphatic rings. The molecule has 0 fully saturated rings. The van der Waals surface area contributed by atoms with Crippen LogP contribution in [0.4, 0.5) is 0 Å². The van der Waals surface area contributed by atoms with Gasteiger partial charge in [-0.25, -0.2) is 0 Å². The van der Waals surface area contributed by atoms with Crippen molar-refractivity contribution in [2.75, 3.05) is 12.5 Å². The topological polar surface area (TPSA) is 42.5 Å². The SMILES string of the molecule is CSNCc1ccc(OCc2cccc(-c3cccc(COc4ccc(CNSC)cc4Br)c3C)c2C)c(Br)c1. The maximum Gasteiger partial charge on any atom is 0.134 e. The summed E-state index contributed by atoms with van der Waals surface area (Å²) >= 11 is 10.6. The molecule has 0 saturated heterocycles. The van der Waals surface area contributed by atoms with E-state index in [9.17, 15) is 0 Å². The maximum atomic E-state index is 6.23. The highest BCUT2D eigenvalue weighted by atomic mass is 79.9. The van der Waals surface area contributed by atoms with Gasteiger partial charge in [0.05, 0.1) is 8.95 Å². The molecule has 0 aliphatic heterocycles. The van der Waals surface area contributed by atoms with Crippen LogP contribution in [-0.2, 0) is 26.3 Å². The molecule has 4 nitrogen and oxygen atoms in total. The van der Waals surface area contributed by atoms with Gasteiger partial charge in [-0.3, -0.25) is 9.44 Å². The summed E-state index contributed by atoms with van der Waals surface area (Å²) in [7, 11) is 0. The van der Waals surface area contributed by atoms with Crippen LogP contribution in [0, 0.1) is 13.8 Å². The molecule has 8 heteroatoms. The molecular weight excluding hydrogens is 668 g/mol. The fourth-order valence-corrected chi connectivity index (χ4v) is 6.13. The highest BCUT2D eigenvalue weighted by molar-refractivity contribution is 9.10. The van der Waals surface area contributed by atoms with Crippen molar-refractivity contribution in [1.29, 1.82) is 0 Å². The molecule has 4 rings (SSSR count). The third-order valence-electron chi connectivity index (χ3n) is 6.78. The van der Waals surface area contributed by atoms with Crippen molar-refractivity contribution in [1.82, 2.24) is 9.44 Å². The number of rotatable bonds is 13. The lowest BCUT2D eigenvalue weighted by Crippen LogP contribution is -2.04. The Balaban J connectivity index is 1.47. The molecule has 4 aromatic carbocycles. The first-order valence-electron chi connectivity index (χ1n) is 12.9. The van der Waals surface area contributed by atoms with Crippen molar-refractivity contribution >= 4 is 55.8 Å². The fourth-order valence-electron chi connectivity index (χ4n) is 4.43. The largest absolute Gasteiger partial charge is 0.488 e. The minimum Gasteiger partial charge on any atom is -0.488 e. The minimum absolute atomic E-state index is 0.499. The molecule has 2 N–H and O–H groups in total. The highest BCUT2D eigenvalue weighted by Crippen LogP contribution is 2.33. The second kappa shape index (κ2) is 15.3. The van der Waals surface area contributed by atoms with Gasteiger partial charge in [0.15, 0.2) is 0 Å². The number of halogens is 2. The quantitative estimate of drug-likeness (QED) is 0.136. The Kier molecular flexibility index (Phi) is 11.9. The predicted octanol–water partition coefficient (Wildman–Crippen LogP) is 9.39. The number of benzene rings is 4. The lowest BCUT2D eigenvalue weighted by Gasteiger charge is -2.17. The summed E-state index contributed by atoms with van der Waals surface area (Å²) in [6.45, 7) is 6.97. The van der Waals surface area contributed by atoms with Gasteiger partial charge < -0.3 is 9.47 Å². The Morgan fingerprint density at radius 2 is 1.05 bits per heavy atom. The Bertz CT molecular complexity index is 1340. The fraction of sp³-hybridized carbons (Fsp3) is 0.250. The lowest BCUT2D eigenvalue weighted by atomic mass is 9.92. The Morgan fingerprint density at radius 1 is 0.625 bits per heavy atom. The van der Waals surface area contributed by atoms with E-state index < -0.39 is 0 Å². The van der Waals surface area contributed by atoms with Gasteiger partial charge in [0.2, 0.25) is 0 Å². The van der Waals surface area contributed by atoms with E-state index in [-0.39, 0.29) is 0 Å². The van der Waals surface area contributed by atoms with Crippen LogP contribution in [0.3, 0.4) is 0 Å². The summed E-state index contributed by atoms with van der Waals surface area (Å²) in [6, 6.07) is 25.3. The number of nitrogens with one attached hydrogen (secondary N) is 2. The van der Waals surface area contributed by atoms with Gasteiger partial charge in [-0.15, -0.1) is 0 Å². The molecule has 0 aliphatic carbocycles. The molecule has 0 heterocycles. The van der Waals surface area contributed by atoms with Gasteiger partial charge in [0.1, 0.15) is 24.7 Å². The summed E-state index contributed by atoms with van der Waals surface area (Å²) in [6.07, 6.45) is 4.05. The first kappa shape index (κ1) is 31.0. The van der Waals surface area contributed by atoms with Crippen molar-refractivity contribution < 1.29 is 9.47 Å². The molecule has 0 radical (unpaired) electrons. The van der Waals surface area contributed by atoms with Gasteiger partial charge in [-0.1, -0.05) is 72.4 Å². The van der Waals surface area contributed by atoms with Gasteiger partial charge in [-0.2, -0.15) is 0 Å². The van der Waals surface area contributed by atoms with Crippen LogP contribution < -0.4 is 18.9 Å². The summed E-state index contributed by atoms with van der Waals surface area (Å²) in [5, 5.41) is 0. The van der Waals surface area contributed by atoms with E-state index in [1.807, 2.05) is 24.6 Å². The average molecular weight is 703 g/mol. The van der Waals surface area contributed by atoms with Gasteiger partial charge >= 0.3 is 0 Å². The second-order valence-corrected chi connectivity index (χ2v) is 12.4. The zero-order valence-corrected chi connectivity index (χ0v) is 28.0. The monoisotopic (exact) mass is 700 g/mol. The van der Waals surface area contributed by atoms with Gasteiger partial charge in [-0.05, 0) is 127 Å². The van der Waals surface area contributed by atoms with E-state index in [2.05, 4.69) is 116 Å². The van der Waals surface area contributed by atoms with Crippen molar-refractivity contribution in [3.8, 4) is 22.6 Å². The minimum atomic E-state index is 0.499. The molecular formula is C32H34Br2N2O2S2. The summed E-state index contributed by atoms with van der Waals surface area (Å²) < 4.78 is 20.9. The standard InChI is InChI=1S/C32H34Br2N2O2S2/c1-21-25(19-37-31-13-11-23(15-29(31)33)17-35-39-3)7-5-9-27(21)28-10-6-8-26(22(28)2)20-38-32-14-12-24(16-30(32)34)18-36-40-4/h5-16,35-36H,17-20H2,1-4H3. The molecule has 0 atom stereocenters. The first-order valence-corrected chi connectivity index (χ1v) is 17.0. The molecule has 0 bridgehead atoms. The summed E-state index contributed by atoms with van der Waals surface area (Å²) in [5.74, 6) is 1.68. The van der Waals surface area contributed by atoms with E-state index >= 15 is 0 Å². The third-order valence-corrected chi connectivity index (χ3v) is 8.89. The Hall–Kier alpha value is -1.94. The van der Waals surface area contributed by atoms with Crippen LogP contribution in [-0.4, -0.2) is 12.5 Å². The second-order valence-electron chi connectivity index (χ2n) is 9.34. The summed E-state index contributed by atoms with van der Waals surface area (Å²) in [5.41, 5.74) is 9.61. The molecule has 0 amide bonds. The molecule has 0 spiro atoms. The normalized spacial score (nSPS) is 11.1. The Morgan fingerprint density at radius 3 is 1.43 bits per heavy atom. The number of hydrogen-bond donors (Lipinski definition) is 2. The zero-order chi connectivity index (χ0) is 28.5. The smallest absolute Gasteiger partial charge is 0.134 e. The van der Waals surface area contributed by atoms with Crippen LogP contribution >= 0.6 is 55.8 Å². The van der Waals surface area contributed by atoms with Crippen molar-refractivity contribution in [2.24, 2.45) is 0 Å². The van der Waals surface area contributed by atoms with Crippen LogP contribution in [0.25, 0.3) is 11.1 Å². The molecule has 0 aromatic heterocycles. The van der Waals surface area contributed by atoms with Crippen LogP contribution in [0.15, 0.2) is 81.7 Å². The molecule has 4 aromatic rings.